The minimum atomic E-state index is -0.460. The highest BCUT2D eigenvalue weighted by Crippen LogP contribution is 2.29. The van der Waals surface area contributed by atoms with Gasteiger partial charge in [0.25, 0.3) is 11.8 Å². The van der Waals surface area contributed by atoms with Crippen LogP contribution in [-0.2, 0) is 0 Å². The molecule has 7 heteroatoms. The van der Waals surface area contributed by atoms with Crippen molar-refractivity contribution >= 4 is 23.2 Å². The first-order valence-electron chi connectivity index (χ1n) is 8.87. The second kappa shape index (κ2) is 8.88. The lowest BCUT2D eigenvalue weighted by Gasteiger charge is -2.12. The number of ether oxygens (including phenoxy) is 2. The molecule has 7 nitrogen and oxygen atoms in total. The van der Waals surface area contributed by atoms with Gasteiger partial charge in [0.05, 0.1) is 19.9 Å². The average Bonchev–Trinajstić information content (AvgIpc) is 2.74. The van der Waals surface area contributed by atoms with Crippen molar-refractivity contribution in [2.24, 2.45) is 0 Å². The van der Waals surface area contributed by atoms with Crippen LogP contribution in [0, 0.1) is 6.92 Å². The van der Waals surface area contributed by atoms with Gasteiger partial charge in [-0.15, -0.1) is 0 Å². The Bertz CT molecular complexity index is 1050. The fraction of sp³-hybridized carbons (Fsp3) is 0.136. The van der Waals surface area contributed by atoms with E-state index in [1.165, 1.54) is 19.4 Å². The maximum absolute atomic E-state index is 12.6. The molecule has 1 heterocycles. The molecule has 3 aromatic rings. The summed E-state index contributed by atoms with van der Waals surface area (Å²) in [4.78, 5) is 29.2. The van der Waals surface area contributed by atoms with Gasteiger partial charge in [0.15, 0.2) is 0 Å². The van der Waals surface area contributed by atoms with E-state index in [-0.39, 0.29) is 11.6 Å². The Kier molecular flexibility index (Phi) is 6.09. The van der Waals surface area contributed by atoms with E-state index in [0.717, 1.165) is 5.56 Å². The van der Waals surface area contributed by atoms with Crippen LogP contribution in [-0.4, -0.2) is 31.0 Å². The fourth-order valence-electron chi connectivity index (χ4n) is 2.71. The average molecular weight is 391 g/mol. The van der Waals surface area contributed by atoms with Crippen molar-refractivity contribution in [2.45, 2.75) is 6.92 Å². The van der Waals surface area contributed by atoms with Crippen LogP contribution in [0.1, 0.15) is 26.4 Å². The predicted octanol–water partition coefficient (Wildman–Crippen LogP) is 3.91. The molecule has 29 heavy (non-hydrogen) atoms. The van der Waals surface area contributed by atoms with E-state index in [4.69, 9.17) is 9.47 Å². The Morgan fingerprint density at radius 2 is 1.72 bits per heavy atom. The molecule has 0 atom stereocenters. The smallest absolute Gasteiger partial charge is 0.274 e. The maximum atomic E-state index is 12.6. The number of hydrogen-bond acceptors (Lipinski definition) is 5. The van der Waals surface area contributed by atoms with E-state index >= 15 is 0 Å². The fourth-order valence-corrected chi connectivity index (χ4v) is 2.71. The highest BCUT2D eigenvalue weighted by Gasteiger charge is 2.15. The highest BCUT2D eigenvalue weighted by atomic mass is 16.5. The van der Waals surface area contributed by atoms with Crippen LogP contribution >= 0.6 is 0 Å². The van der Waals surface area contributed by atoms with Gasteiger partial charge in [-0.3, -0.25) is 14.6 Å². The zero-order chi connectivity index (χ0) is 20.8. The van der Waals surface area contributed by atoms with Crippen LogP contribution in [0.2, 0.25) is 0 Å². The van der Waals surface area contributed by atoms with E-state index in [9.17, 15) is 9.59 Å². The quantitative estimate of drug-likeness (QED) is 0.665. The van der Waals surface area contributed by atoms with Crippen molar-refractivity contribution in [3.63, 3.8) is 0 Å². The number of carbonyl (C=O) groups excluding carboxylic acids is 2. The molecule has 2 aromatic carbocycles. The molecule has 2 N–H and O–H groups in total. The van der Waals surface area contributed by atoms with E-state index in [0.29, 0.717) is 28.4 Å². The standard InChI is InChI=1S/C22H21N3O4/c1-14-5-4-6-16(11-14)24-21(26)15-9-10-23-19(12-15)22(27)25-18-8-7-17(28-2)13-20(18)29-3/h4-13H,1-3H3,(H,24,26)(H,25,27). The van der Waals surface area contributed by atoms with Crippen LogP contribution in [0.15, 0.2) is 60.8 Å². The van der Waals surface area contributed by atoms with Gasteiger partial charge in [0, 0.05) is 23.5 Å². The molecular formula is C22H21N3O4. The normalized spacial score (nSPS) is 10.2. The summed E-state index contributed by atoms with van der Waals surface area (Å²) in [5.41, 5.74) is 2.62. The van der Waals surface area contributed by atoms with Gasteiger partial charge < -0.3 is 20.1 Å². The first-order valence-corrected chi connectivity index (χ1v) is 8.87. The Hall–Kier alpha value is -3.87. The van der Waals surface area contributed by atoms with E-state index in [2.05, 4.69) is 15.6 Å². The first-order chi connectivity index (χ1) is 14.0. The van der Waals surface area contributed by atoms with E-state index in [1.54, 1.807) is 37.4 Å². The molecule has 0 saturated carbocycles. The topological polar surface area (TPSA) is 89.5 Å². The van der Waals surface area contributed by atoms with Crippen LogP contribution in [0.3, 0.4) is 0 Å². The molecule has 0 spiro atoms. The van der Waals surface area contributed by atoms with Gasteiger partial charge in [-0.1, -0.05) is 12.1 Å². The molecule has 0 radical (unpaired) electrons. The van der Waals surface area contributed by atoms with Crippen molar-refractivity contribution in [1.29, 1.82) is 0 Å². The van der Waals surface area contributed by atoms with Crippen molar-refractivity contribution in [3.05, 3.63) is 77.6 Å². The summed E-state index contributed by atoms with van der Waals surface area (Å²) in [6.45, 7) is 1.94. The van der Waals surface area contributed by atoms with Crippen molar-refractivity contribution in [1.82, 2.24) is 4.98 Å². The lowest BCUT2D eigenvalue weighted by molar-refractivity contribution is 0.102. The Morgan fingerprint density at radius 3 is 2.45 bits per heavy atom. The number of methoxy groups -OCH3 is 2. The van der Waals surface area contributed by atoms with Gasteiger partial charge in [-0.2, -0.15) is 0 Å². The molecule has 0 aliphatic heterocycles. The summed E-state index contributed by atoms with van der Waals surface area (Å²) >= 11 is 0. The van der Waals surface area contributed by atoms with Gasteiger partial charge in [0.1, 0.15) is 17.2 Å². The van der Waals surface area contributed by atoms with Crippen LogP contribution in [0.4, 0.5) is 11.4 Å². The maximum Gasteiger partial charge on any atom is 0.274 e. The third kappa shape index (κ3) is 4.90. The summed E-state index contributed by atoms with van der Waals surface area (Å²) in [5.74, 6) is 0.270. The van der Waals surface area contributed by atoms with Crippen LogP contribution in [0.25, 0.3) is 0 Å². The van der Waals surface area contributed by atoms with Gasteiger partial charge in [0.2, 0.25) is 0 Å². The molecule has 148 valence electrons. The number of nitrogens with one attached hydrogen (secondary N) is 2. The number of pyridine rings is 1. The zero-order valence-corrected chi connectivity index (χ0v) is 16.4. The molecule has 0 bridgehead atoms. The highest BCUT2D eigenvalue weighted by molar-refractivity contribution is 6.08. The van der Waals surface area contributed by atoms with Gasteiger partial charge in [-0.05, 0) is 48.9 Å². The summed E-state index contributed by atoms with van der Waals surface area (Å²) in [5, 5.41) is 5.55. The van der Waals surface area contributed by atoms with Crippen molar-refractivity contribution in [3.8, 4) is 11.5 Å². The van der Waals surface area contributed by atoms with Crippen LogP contribution in [0.5, 0.6) is 11.5 Å². The third-order valence-corrected chi connectivity index (χ3v) is 4.19. The predicted molar refractivity (Wildman–Crippen MR) is 111 cm³/mol. The SMILES string of the molecule is COc1ccc(NC(=O)c2cc(C(=O)Nc3cccc(C)c3)ccn2)c(OC)c1. The Labute approximate surface area is 168 Å². The van der Waals surface area contributed by atoms with Gasteiger partial charge >= 0.3 is 0 Å². The number of benzene rings is 2. The van der Waals surface area contributed by atoms with Crippen molar-refractivity contribution in [2.75, 3.05) is 24.9 Å². The number of rotatable bonds is 6. The van der Waals surface area contributed by atoms with Crippen molar-refractivity contribution < 1.29 is 19.1 Å². The number of hydrogen-bond donors (Lipinski definition) is 2. The molecule has 2 amide bonds. The summed E-state index contributed by atoms with van der Waals surface area (Å²) in [6, 6.07) is 15.5. The molecular weight excluding hydrogens is 370 g/mol. The molecule has 0 unspecified atom stereocenters. The monoisotopic (exact) mass is 391 g/mol. The number of anilines is 2. The largest absolute Gasteiger partial charge is 0.497 e. The zero-order valence-electron chi connectivity index (χ0n) is 16.4. The number of aromatic nitrogens is 1. The second-order valence-corrected chi connectivity index (χ2v) is 6.27. The minimum Gasteiger partial charge on any atom is -0.497 e. The summed E-state index contributed by atoms with van der Waals surface area (Å²) < 4.78 is 10.4. The van der Waals surface area contributed by atoms with Gasteiger partial charge in [-0.25, -0.2) is 0 Å². The molecule has 1 aromatic heterocycles. The molecule has 0 aliphatic rings. The molecule has 0 fully saturated rings. The number of nitrogens with zero attached hydrogens (tertiary/aromatic N) is 1. The number of carbonyl (C=O) groups is 2. The van der Waals surface area contributed by atoms with Crippen LogP contribution < -0.4 is 20.1 Å². The molecule has 3 rings (SSSR count). The Morgan fingerprint density at radius 1 is 0.897 bits per heavy atom. The Balaban J connectivity index is 1.76. The second-order valence-electron chi connectivity index (χ2n) is 6.27. The lowest BCUT2D eigenvalue weighted by atomic mass is 10.2. The number of aryl methyl sites for hydroxylation is 1. The molecule has 0 saturated heterocycles. The third-order valence-electron chi connectivity index (χ3n) is 4.19. The number of amides is 2. The summed E-state index contributed by atoms with van der Waals surface area (Å²) in [6.07, 6.45) is 1.42. The first kappa shape index (κ1) is 19.9. The summed E-state index contributed by atoms with van der Waals surface area (Å²) in [7, 11) is 3.04. The van der Waals surface area contributed by atoms with E-state index < -0.39 is 5.91 Å². The lowest BCUT2D eigenvalue weighted by Crippen LogP contribution is -2.17. The molecule has 0 aliphatic carbocycles. The van der Waals surface area contributed by atoms with E-state index in [1.807, 2.05) is 25.1 Å². The minimum absolute atomic E-state index is 0.111.